The third-order valence-corrected chi connectivity index (χ3v) is 4.95. The number of aromatic nitrogens is 4. The van der Waals surface area contributed by atoms with Gasteiger partial charge in [0.05, 0.1) is 6.10 Å². The number of hydrogen-bond donors (Lipinski definition) is 2. The summed E-state index contributed by atoms with van der Waals surface area (Å²) in [6.07, 6.45) is 9.50. The van der Waals surface area contributed by atoms with Crippen molar-refractivity contribution < 1.29 is 5.11 Å². The quantitative estimate of drug-likeness (QED) is 0.754. The van der Waals surface area contributed by atoms with Crippen molar-refractivity contribution >= 4 is 10.9 Å². The summed E-state index contributed by atoms with van der Waals surface area (Å²) in [6, 6.07) is 6.38. The Morgan fingerprint density at radius 3 is 2.75 bits per heavy atom. The third kappa shape index (κ3) is 3.20. The Morgan fingerprint density at radius 2 is 1.96 bits per heavy atom. The highest BCUT2D eigenvalue weighted by Gasteiger charge is 2.16. The molecule has 1 aliphatic rings. The maximum Gasteiger partial charge on any atom is 0.123 e. The van der Waals surface area contributed by atoms with E-state index in [9.17, 15) is 5.11 Å². The first-order valence-electron chi connectivity index (χ1n) is 8.65. The highest BCUT2D eigenvalue weighted by atomic mass is 16.3. The summed E-state index contributed by atoms with van der Waals surface area (Å²) in [4.78, 5) is 5.83. The molecule has 2 N–H and O–H groups in total. The van der Waals surface area contributed by atoms with Crippen LogP contribution in [0.1, 0.15) is 24.8 Å². The standard InChI is InChI=1S/C18H23N5O/c24-16-5-8-22(9-6-16)7-1-2-14-11-19-18-4-3-15(10-17(14)18)23-12-20-21-13-23/h3-4,10-13,16,19,24H,1-2,5-9H2. The van der Waals surface area contributed by atoms with Crippen LogP contribution >= 0.6 is 0 Å². The van der Waals surface area contributed by atoms with Gasteiger partial charge in [0, 0.05) is 35.9 Å². The van der Waals surface area contributed by atoms with E-state index in [4.69, 9.17) is 0 Å². The van der Waals surface area contributed by atoms with Gasteiger partial charge in [-0.25, -0.2) is 0 Å². The van der Waals surface area contributed by atoms with Crippen molar-refractivity contribution in [2.24, 2.45) is 0 Å². The number of H-pyrrole nitrogens is 1. The van der Waals surface area contributed by atoms with E-state index in [0.29, 0.717) is 0 Å². The first-order chi connectivity index (χ1) is 11.8. The lowest BCUT2D eigenvalue weighted by Gasteiger charge is -2.29. The number of benzene rings is 1. The summed E-state index contributed by atoms with van der Waals surface area (Å²) >= 11 is 0. The molecule has 24 heavy (non-hydrogen) atoms. The Labute approximate surface area is 141 Å². The van der Waals surface area contributed by atoms with E-state index in [1.165, 1.54) is 16.5 Å². The lowest BCUT2D eigenvalue weighted by molar-refractivity contribution is 0.0821. The summed E-state index contributed by atoms with van der Waals surface area (Å²) < 4.78 is 1.93. The summed E-state index contributed by atoms with van der Waals surface area (Å²) in [7, 11) is 0. The molecule has 0 amide bonds. The normalized spacial score (nSPS) is 16.9. The van der Waals surface area contributed by atoms with Crippen LogP contribution in [0.15, 0.2) is 37.1 Å². The maximum atomic E-state index is 9.58. The van der Waals surface area contributed by atoms with Gasteiger partial charge in [0.1, 0.15) is 12.7 Å². The average molecular weight is 325 g/mol. The molecule has 3 heterocycles. The molecule has 1 aliphatic heterocycles. The van der Waals surface area contributed by atoms with Crippen molar-refractivity contribution in [1.82, 2.24) is 24.6 Å². The number of likely N-dealkylation sites (tertiary alicyclic amines) is 1. The second-order valence-electron chi connectivity index (χ2n) is 6.59. The number of aliphatic hydroxyl groups excluding tert-OH is 1. The lowest BCUT2D eigenvalue weighted by atomic mass is 10.1. The predicted octanol–water partition coefficient (Wildman–Crippen LogP) is 2.14. The van der Waals surface area contributed by atoms with Gasteiger partial charge >= 0.3 is 0 Å². The highest BCUT2D eigenvalue weighted by molar-refractivity contribution is 5.85. The SMILES string of the molecule is OC1CCN(CCCc2c[nH]c3ccc(-n4cnnc4)cc23)CC1. The molecule has 0 bridgehead atoms. The van der Waals surface area contributed by atoms with Gasteiger partial charge in [-0.15, -0.1) is 10.2 Å². The zero-order valence-electron chi connectivity index (χ0n) is 13.7. The van der Waals surface area contributed by atoms with Crippen LogP contribution < -0.4 is 0 Å². The van der Waals surface area contributed by atoms with E-state index >= 15 is 0 Å². The highest BCUT2D eigenvalue weighted by Crippen LogP contribution is 2.23. The third-order valence-electron chi connectivity index (χ3n) is 4.95. The predicted molar refractivity (Wildman–Crippen MR) is 93.2 cm³/mol. The Hall–Kier alpha value is -2.18. The number of fused-ring (bicyclic) bond motifs is 1. The van der Waals surface area contributed by atoms with Crippen molar-refractivity contribution in [3.8, 4) is 5.69 Å². The minimum atomic E-state index is -0.0917. The van der Waals surface area contributed by atoms with Crippen LogP contribution in [0.5, 0.6) is 0 Å². The Morgan fingerprint density at radius 1 is 1.17 bits per heavy atom. The van der Waals surface area contributed by atoms with Gasteiger partial charge in [-0.2, -0.15) is 0 Å². The van der Waals surface area contributed by atoms with E-state index < -0.39 is 0 Å². The number of aliphatic hydroxyl groups is 1. The molecule has 0 atom stereocenters. The molecule has 0 spiro atoms. The van der Waals surface area contributed by atoms with Crippen LogP contribution in [-0.4, -0.2) is 55.5 Å². The van der Waals surface area contributed by atoms with E-state index in [2.05, 4.69) is 44.5 Å². The molecule has 0 radical (unpaired) electrons. The molecule has 1 saturated heterocycles. The smallest absolute Gasteiger partial charge is 0.123 e. The van der Waals surface area contributed by atoms with Crippen molar-refractivity contribution in [2.75, 3.05) is 19.6 Å². The van der Waals surface area contributed by atoms with Crippen molar-refractivity contribution in [1.29, 1.82) is 0 Å². The second kappa shape index (κ2) is 6.75. The molecule has 1 fully saturated rings. The summed E-state index contributed by atoms with van der Waals surface area (Å²) in [5, 5.41) is 18.6. The Balaban J connectivity index is 1.43. The van der Waals surface area contributed by atoms with E-state index in [1.807, 2.05) is 4.57 Å². The summed E-state index contributed by atoms with van der Waals surface area (Å²) in [5.41, 5.74) is 3.61. The zero-order chi connectivity index (χ0) is 16.4. The molecular weight excluding hydrogens is 302 g/mol. The number of hydrogen-bond acceptors (Lipinski definition) is 4. The topological polar surface area (TPSA) is 70.0 Å². The molecule has 2 aromatic heterocycles. The molecule has 6 nitrogen and oxygen atoms in total. The van der Waals surface area contributed by atoms with E-state index in [0.717, 1.165) is 51.0 Å². The monoisotopic (exact) mass is 325 g/mol. The van der Waals surface area contributed by atoms with Gasteiger partial charge < -0.3 is 15.0 Å². The fourth-order valence-electron chi connectivity index (χ4n) is 3.50. The van der Waals surface area contributed by atoms with E-state index in [-0.39, 0.29) is 6.10 Å². The number of aryl methyl sites for hydroxylation is 1. The Bertz CT molecular complexity index is 787. The molecule has 3 aromatic rings. The fourth-order valence-corrected chi connectivity index (χ4v) is 3.50. The van der Waals surface area contributed by atoms with Crippen molar-refractivity contribution in [3.05, 3.63) is 42.6 Å². The van der Waals surface area contributed by atoms with Crippen molar-refractivity contribution in [3.63, 3.8) is 0 Å². The minimum Gasteiger partial charge on any atom is -0.393 e. The van der Waals surface area contributed by atoms with Gasteiger partial charge in [0.2, 0.25) is 0 Å². The average Bonchev–Trinajstić information content (AvgIpc) is 3.26. The minimum absolute atomic E-state index is 0.0917. The van der Waals surface area contributed by atoms with Crippen LogP contribution in [0.4, 0.5) is 0 Å². The zero-order valence-corrected chi connectivity index (χ0v) is 13.7. The summed E-state index contributed by atoms with van der Waals surface area (Å²) in [5.74, 6) is 0. The number of aromatic amines is 1. The number of nitrogens with one attached hydrogen (secondary N) is 1. The van der Waals surface area contributed by atoms with Gasteiger partial charge in [0.15, 0.2) is 0 Å². The van der Waals surface area contributed by atoms with Crippen LogP contribution in [-0.2, 0) is 6.42 Å². The van der Waals surface area contributed by atoms with Crippen molar-refractivity contribution in [2.45, 2.75) is 31.8 Å². The van der Waals surface area contributed by atoms with Crippen LogP contribution in [0.25, 0.3) is 16.6 Å². The van der Waals surface area contributed by atoms with Crippen LogP contribution in [0.3, 0.4) is 0 Å². The largest absolute Gasteiger partial charge is 0.393 e. The lowest BCUT2D eigenvalue weighted by Crippen LogP contribution is -2.36. The molecule has 0 aliphatic carbocycles. The van der Waals surface area contributed by atoms with Crippen LogP contribution in [0.2, 0.25) is 0 Å². The van der Waals surface area contributed by atoms with Crippen LogP contribution in [0, 0.1) is 0 Å². The fraction of sp³-hybridized carbons (Fsp3) is 0.444. The van der Waals surface area contributed by atoms with Gasteiger partial charge in [-0.1, -0.05) is 0 Å². The molecule has 1 aromatic carbocycles. The van der Waals surface area contributed by atoms with Gasteiger partial charge in [0.25, 0.3) is 0 Å². The molecule has 126 valence electrons. The second-order valence-corrected chi connectivity index (χ2v) is 6.59. The Kier molecular flexibility index (Phi) is 4.32. The molecule has 4 rings (SSSR count). The molecule has 6 heteroatoms. The maximum absolute atomic E-state index is 9.58. The number of piperidine rings is 1. The molecular formula is C18H23N5O. The number of nitrogens with zero attached hydrogens (tertiary/aromatic N) is 4. The first-order valence-corrected chi connectivity index (χ1v) is 8.65. The van der Waals surface area contributed by atoms with E-state index in [1.54, 1.807) is 12.7 Å². The number of rotatable bonds is 5. The first kappa shape index (κ1) is 15.4. The van der Waals surface area contributed by atoms with Gasteiger partial charge in [-0.05, 0) is 56.0 Å². The molecule has 0 saturated carbocycles. The summed E-state index contributed by atoms with van der Waals surface area (Å²) in [6.45, 7) is 3.14. The molecule has 0 unspecified atom stereocenters. The van der Waals surface area contributed by atoms with Gasteiger partial charge in [-0.3, -0.25) is 4.57 Å².